The van der Waals surface area contributed by atoms with E-state index in [2.05, 4.69) is 10.3 Å². The molecule has 1 saturated heterocycles. The summed E-state index contributed by atoms with van der Waals surface area (Å²) in [6.07, 6.45) is 2.41. The number of ether oxygens (including phenoxy) is 1. The molecular weight excluding hydrogens is 310 g/mol. The van der Waals surface area contributed by atoms with Gasteiger partial charge in [0.15, 0.2) is 0 Å². The van der Waals surface area contributed by atoms with Gasteiger partial charge in [0.2, 0.25) is 11.8 Å². The third-order valence-corrected chi connectivity index (χ3v) is 4.05. The van der Waals surface area contributed by atoms with Gasteiger partial charge in [0.1, 0.15) is 6.61 Å². The van der Waals surface area contributed by atoms with Crippen molar-refractivity contribution in [2.75, 3.05) is 13.2 Å². The Labute approximate surface area is 142 Å². The monoisotopic (exact) mass is 335 g/mol. The molecule has 1 aliphatic rings. The Morgan fingerprint density at radius 1 is 1.50 bits per heavy atom. The van der Waals surface area contributed by atoms with Crippen LogP contribution in [0, 0.1) is 6.92 Å². The number of likely N-dealkylation sites (tertiary alicyclic amines) is 1. The Hall–Kier alpha value is -2.31. The summed E-state index contributed by atoms with van der Waals surface area (Å²) in [5, 5.41) is 12.1. The van der Waals surface area contributed by atoms with Gasteiger partial charge in [-0.3, -0.25) is 4.79 Å². The van der Waals surface area contributed by atoms with E-state index >= 15 is 0 Å². The summed E-state index contributed by atoms with van der Waals surface area (Å²) in [5.41, 5.74) is 0.357. The number of aryl methyl sites for hydroxylation is 1. The van der Waals surface area contributed by atoms with Gasteiger partial charge in [0.25, 0.3) is 0 Å². The molecule has 2 heterocycles. The van der Waals surface area contributed by atoms with E-state index in [1.54, 1.807) is 6.20 Å². The molecule has 7 heteroatoms. The zero-order valence-corrected chi connectivity index (χ0v) is 14.4. The third kappa shape index (κ3) is 4.84. The fourth-order valence-corrected chi connectivity index (χ4v) is 2.85. The van der Waals surface area contributed by atoms with Crippen LogP contribution in [0.25, 0.3) is 0 Å². The second kappa shape index (κ2) is 7.51. The van der Waals surface area contributed by atoms with Gasteiger partial charge in [0, 0.05) is 30.8 Å². The lowest BCUT2D eigenvalue weighted by atomic mass is 10.1. The van der Waals surface area contributed by atoms with Crippen molar-refractivity contribution in [3.8, 4) is 5.88 Å². The zero-order valence-electron chi connectivity index (χ0n) is 14.4. The number of amides is 2. The molecule has 2 amide bonds. The smallest absolute Gasteiger partial charge is 0.407 e. The summed E-state index contributed by atoms with van der Waals surface area (Å²) in [5.74, 6) is 0.382. The van der Waals surface area contributed by atoms with Crippen molar-refractivity contribution < 1.29 is 19.4 Å². The molecule has 0 saturated carbocycles. The SMILES string of the molecule is Cc1cccnc1OCC(C)(C)NC(=O)C[C@H]1CCCN1C(=O)O. The van der Waals surface area contributed by atoms with Gasteiger partial charge in [-0.05, 0) is 39.7 Å². The quantitative estimate of drug-likeness (QED) is 0.831. The summed E-state index contributed by atoms with van der Waals surface area (Å²) in [7, 11) is 0. The van der Waals surface area contributed by atoms with Gasteiger partial charge in [0.05, 0.1) is 5.54 Å². The molecule has 132 valence electrons. The van der Waals surface area contributed by atoms with E-state index in [-0.39, 0.29) is 25.0 Å². The summed E-state index contributed by atoms with van der Waals surface area (Å²) in [6, 6.07) is 3.51. The maximum atomic E-state index is 12.3. The molecule has 1 fully saturated rings. The van der Waals surface area contributed by atoms with Crippen LogP contribution in [0.5, 0.6) is 5.88 Å². The first kappa shape index (κ1) is 18.0. The standard InChI is InChI=1S/C17H25N3O4/c1-12-6-4-8-18-15(12)24-11-17(2,3)19-14(21)10-13-7-5-9-20(13)16(22)23/h4,6,8,13H,5,7,9-11H2,1-3H3,(H,19,21)(H,22,23)/t13-/m1/s1. The molecule has 7 nitrogen and oxygen atoms in total. The van der Waals surface area contributed by atoms with Gasteiger partial charge in [-0.1, -0.05) is 6.07 Å². The van der Waals surface area contributed by atoms with Crippen LogP contribution >= 0.6 is 0 Å². The number of nitrogens with zero attached hydrogens (tertiary/aromatic N) is 2. The van der Waals surface area contributed by atoms with Crippen molar-refractivity contribution in [3.63, 3.8) is 0 Å². The molecule has 0 radical (unpaired) electrons. The van der Waals surface area contributed by atoms with Crippen molar-refractivity contribution in [1.29, 1.82) is 0 Å². The first-order chi connectivity index (χ1) is 11.3. The Bertz CT molecular complexity index is 603. The molecule has 0 aromatic carbocycles. The molecule has 1 aliphatic heterocycles. The number of nitrogens with one attached hydrogen (secondary N) is 1. The molecule has 0 spiro atoms. The highest BCUT2D eigenvalue weighted by Crippen LogP contribution is 2.20. The third-order valence-electron chi connectivity index (χ3n) is 4.05. The summed E-state index contributed by atoms with van der Waals surface area (Å²) in [6.45, 7) is 6.43. The van der Waals surface area contributed by atoms with Gasteiger partial charge in [-0.15, -0.1) is 0 Å². The van der Waals surface area contributed by atoms with E-state index in [0.717, 1.165) is 18.4 Å². The summed E-state index contributed by atoms with van der Waals surface area (Å²) < 4.78 is 5.70. The van der Waals surface area contributed by atoms with E-state index < -0.39 is 11.6 Å². The Morgan fingerprint density at radius 2 is 2.25 bits per heavy atom. The van der Waals surface area contributed by atoms with Gasteiger partial charge in [-0.2, -0.15) is 0 Å². The molecule has 2 N–H and O–H groups in total. The fourth-order valence-electron chi connectivity index (χ4n) is 2.85. The molecule has 2 rings (SSSR count). The van der Waals surface area contributed by atoms with Crippen molar-refractivity contribution >= 4 is 12.0 Å². The number of hydrogen-bond acceptors (Lipinski definition) is 4. The highest BCUT2D eigenvalue weighted by atomic mass is 16.5. The van der Waals surface area contributed by atoms with Crippen LogP contribution in [0.2, 0.25) is 0 Å². The molecule has 24 heavy (non-hydrogen) atoms. The fraction of sp³-hybridized carbons (Fsp3) is 0.588. The van der Waals surface area contributed by atoms with Crippen LogP contribution in [0.3, 0.4) is 0 Å². The lowest BCUT2D eigenvalue weighted by Crippen LogP contribution is -2.49. The maximum Gasteiger partial charge on any atom is 0.407 e. The number of pyridine rings is 1. The van der Waals surface area contributed by atoms with E-state index in [1.807, 2.05) is 32.9 Å². The molecule has 1 aromatic rings. The Balaban J connectivity index is 1.85. The maximum absolute atomic E-state index is 12.3. The average molecular weight is 335 g/mol. The molecular formula is C17H25N3O4. The van der Waals surface area contributed by atoms with Crippen molar-refractivity contribution in [2.45, 2.75) is 51.6 Å². The number of rotatable bonds is 6. The molecule has 0 aliphatic carbocycles. The first-order valence-electron chi connectivity index (χ1n) is 8.13. The lowest BCUT2D eigenvalue weighted by molar-refractivity contribution is -0.123. The van der Waals surface area contributed by atoms with Crippen molar-refractivity contribution in [2.24, 2.45) is 0 Å². The number of aromatic nitrogens is 1. The molecule has 1 atom stereocenters. The topological polar surface area (TPSA) is 91.8 Å². The second-order valence-corrected chi connectivity index (χ2v) is 6.82. The predicted molar refractivity (Wildman–Crippen MR) is 89.1 cm³/mol. The molecule has 0 unspecified atom stereocenters. The van der Waals surface area contributed by atoms with Crippen LogP contribution < -0.4 is 10.1 Å². The van der Waals surface area contributed by atoms with Crippen LogP contribution in [0.1, 0.15) is 38.7 Å². The van der Waals surface area contributed by atoms with E-state index in [9.17, 15) is 9.59 Å². The minimum absolute atomic E-state index is 0.167. The number of carboxylic acid groups (broad SMARTS) is 1. The van der Waals surface area contributed by atoms with Gasteiger partial charge >= 0.3 is 6.09 Å². The van der Waals surface area contributed by atoms with E-state index in [0.29, 0.717) is 12.4 Å². The Kier molecular flexibility index (Phi) is 5.64. The number of carbonyl (C=O) groups excluding carboxylic acids is 1. The van der Waals surface area contributed by atoms with Gasteiger partial charge < -0.3 is 20.1 Å². The van der Waals surface area contributed by atoms with Crippen LogP contribution in [-0.2, 0) is 4.79 Å². The summed E-state index contributed by atoms with van der Waals surface area (Å²) in [4.78, 5) is 28.9. The lowest BCUT2D eigenvalue weighted by Gasteiger charge is -2.28. The number of carbonyl (C=O) groups is 2. The normalized spacial score (nSPS) is 17.6. The highest BCUT2D eigenvalue weighted by Gasteiger charge is 2.31. The average Bonchev–Trinajstić information content (AvgIpc) is 2.94. The van der Waals surface area contributed by atoms with E-state index in [1.165, 1.54) is 4.90 Å². The minimum atomic E-state index is -0.960. The minimum Gasteiger partial charge on any atom is -0.475 e. The molecule has 1 aromatic heterocycles. The van der Waals surface area contributed by atoms with Crippen LogP contribution in [-0.4, -0.2) is 51.7 Å². The van der Waals surface area contributed by atoms with Crippen molar-refractivity contribution in [3.05, 3.63) is 23.9 Å². The van der Waals surface area contributed by atoms with Gasteiger partial charge in [-0.25, -0.2) is 9.78 Å². The first-order valence-corrected chi connectivity index (χ1v) is 8.13. The molecule has 0 bridgehead atoms. The Morgan fingerprint density at radius 3 is 2.92 bits per heavy atom. The van der Waals surface area contributed by atoms with Crippen LogP contribution in [0.4, 0.5) is 4.79 Å². The van der Waals surface area contributed by atoms with Crippen molar-refractivity contribution in [1.82, 2.24) is 15.2 Å². The van der Waals surface area contributed by atoms with E-state index in [4.69, 9.17) is 9.84 Å². The summed E-state index contributed by atoms with van der Waals surface area (Å²) >= 11 is 0. The highest BCUT2D eigenvalue weighted by molar-refractivity contribution is 5.78. The largest absolute Gasteiger partial charge is 0.475 e. The second-order valence-electron chi connectivity index (χ2n) is 6.82. The number of hydrogen-bond donors (Lipinski definition) is 2. The predicted octanol–water partition coefficient (Wildman–Crippen LogP) is 2.20. The van der Waals surface area contributed by atoms with Crippen LogP contribution in [0.15, 0.2) is 18.3 Å². The zero-order chi connectivity index (χ0) is 17.7.